The Labute approximate surface area is 417 Å². The third kappa shape index (κ3) is 21.4. The predicted octanol–water partition coefficient (Wildman–Crippen LogP) is 10.0. The fraction of sp³-hybridized carbons (Fsp3) is 0.288. The molecule has 0 aromatic heterocycles. The molecular weight excluding hydrogens is 903 g/mol. The zero-order valence-electron chi connectivity index (χ0n) is 41.5. The van der Waals surface area contributed by atoms with Gasteiger partial charge in [-0.3, -0.25) is 0 Å². The lowest BCUT2D eigenvalue weighted by molar-refractivity contribution is 0.932. The molecule has 0 amide bonds. The largest absolute Gasteiger partial charge is 0.330 e. The lowest BCUT2D eigenvalue weighted by atomic mass is 10.2. The summed E-state index contributed by atoms with van der Waals surface area (Å²) < 4.78 is 0. The van der Waals surface area contributed by atoms with E-state index in [0.29, 0.717) is 6.54 Å². The molecule has 7 aromatic rings. The van der Waals surface area contributed by atoms with Crippen LogP contribution in [-0.2, 0) is 6.54 Å². The monoisotopic (exact) mass is 984 g/mol. The minimum absolute atomic E-state index is 0.196. The normalized spacial score (nSPS) is 10.7. The average molecular weight is 984 g/mol. The van der Waals surface area contributed by atoms with Crippen molar-refractivity contribution in [1.29, 1.82) is 0 Å². The van der Waals surface area contributed by atoms with Gasteiger partial charge >= 0.3 is 0 Å². The second-order valence-electron chi connectivity index (χ2n) is 16.4. The molecule has 0 aliphatic heterocycles. The molecular formula is C59H81N5P4. The molecule has 0 heterocycles. The van der Waals surface area contributed by atoms with E-state index in [1.54, 1.807) is 0 Å². The van der Waals surface area contributed by atoms with E-state index < -0.39 is 7.92 Å². The van der Waals surface area contributed by atoms with Gasteiger partial charge in [-0.05, 0) is 135 Å². The maximum absolute atomic E-state index is 5.95. The topological polar surface area (TPSA) is 130 Å². The van der Waals surface area contributed by atoms with Crippen LogP contribution in [0.15, 0.2) is 206 Å². The standard InChI is InChI=1S/C19H18NP.C15H18NP.C14H16NP.C8H20NP.C3H9N/c20-15-16-9-7-8-14-19(16)21(17-10-3-1-4-11-17)18-12-5-2-6-13-18;16-12-7-13-17(14-8-3-1-4-9-14)15-10-5-2-6-11-15;15-11-12-16(13-7-3-1-4-8-13)14-9-5-2-6-10-14;1-7(2)10(6-5-9)8(3)4;1-2-3-4/h1-14H,15,20H2;1-6,8-11H,7,12-13,16H2;1-10H,11-12,15H2;7-8H,5-6,9H2,1-4H3;2-4H2,1H3. The molecule has 7 aromatic carbocycles. The Bertz CT molecular complexity index is 2110. The van der Waals surface area contributed by atoms with Crippen molar-refractivity contribution < 1.29 is 0 Å². The third-order valence-electron chi connectivity index (χ3n) is 10.7. The second-order valence-corrected chi connectivity index (χ2v) is 26.8. The highest BCUT2D eigenvalue weighted by atomic mass is 31.1. The van der Waals surface area contributed by atoms with E-state index in [4.69, 9.17) is 28.7 Å². The Kier molecular flexibility index (Phi) is 31.0. The van der Waals surface area contributed by atoms with Crippen molar-refractivity contribution in [2.45, 2.75) is 65.3 Å². The van der Waals surface area contributed by atoms with Gasteiger partial charge in [-0.15, -0.1) is 7.92 Å². The molecule has 0 saturated heterocycles. The van der Waals surface area contributed by atoms with Gasteiger partial charge in [-0.25, -0.2) is 0 Å². The van der Waals surface area contributed by atoms with E-state index >= 15 is 0 Å². The zero-order chi connectivity index (χ0) is 49.2. The van der Waals surface area contributed by atoms with Crippen molar-refractivity contribution in [3.8, 4) is 0 Å². The number of benzene rings is 7. The Morgan fingerprint density at radius 2 is 0.662 bits per heavy atom. The zero-order valence-corrected chi connectivity index (χ0v) is 45.1. The number of rotatable bonds is 18. The van der Waals surface area contributed by atoms with Gasteiger partial charge in [0, 0.05) is 6.54 Å². The van der Waals surface area contributed by atoms with Gasteiger partial charge < -0.3 is 28.7 Å². The van der Waals surface area contributed by atoms with Crippen LogP contribution in [-0.4, -0.2) is 56.0 Å². The molecule has 0 aliphatic rings. The highest BCUT2D eigenvalue weighted by Crippen LogP contribution is 2.45. The van der Waals surface area contributed by atoms with E-state index in [9.17, 15) is 0 Å². The first-order valence-electron chi connectivity index (χ1n) is 24.2. The number of nitrogens with two attached hydrogens (primary N) is 5. The van der Waals surface area contributed by atoms with Crippen LogP contribution in [0.5, 0.6) is 0 Å². The van der Waals surface area contributed by atoms with Crippen molar-refractivity contribution in [2.24, 2.45) is 28.7 Å². The molecule has 0 spiro atoms. The molecule has 0 fully saturated rings. The minimum atomic E-state index is -0.553. The van der Waals surface area contributed by atoms with Crippen LogP contribution in [0.3, 0.4) is 0 Å². The van der Waals surface area contributed by atoms with Crippen molar-refractivity contribution in [3.05, 3.63) is 212 Å². The van der Waals surface area contributed by atoms with E-state index in [-0.39, 0.29) is 23.8 Å². The van der Waals surface area contributed by atoms with E-state index in [0.717, 1.165) is 56.5 Å². The van der Waals surface area contributed by atoms with Crippen LogP contribution in [0.2, 0.25) is 0 Å². The summed E-state index contributed by atoms with van der Waals surface area (Å²) in [5.41, 5.74) is 30.8. The smallest absolute Gasteiger partial charge is 0.0184 e. The maximum atomic E-state index is 5.95. The molecule has 9 heteroatoms. The SMILES string of the molecule is CC(C)P(CCN)C(C)C.CCCN.NCCCP(c1ccccc1)c1ccccc1.NCCP(c1ccccc1)c1ccccc1.NCc1ccccc1P(c1ccccc1)c1ccccc1. The highest BCUT2D eigenvalue weighted by molar-refractivity contribution is 7.80. The van der Waals surface area contributed by atoms with Crippen molar-refractivity contribution in [2.75, 3.05) is 44.7 Å². The summed E-state index contributed by atoms with van der Waals surface area (Å²) in [6, 6.07) is 72.8. The van der Waals surface area contributed by atoms with Gasteiger partial charge in [0.2, 0.25) is 0 Å². The molecule has 5 nitrogen and oxygen atoms in total. The fourth-order valence-electron chi connectivity index (χ4n) is 7.37. The van der Waals surface area contributed by atoms with Crippen LogP contribution in [0.25, 0.3) is 0 Å². The predicted molar refractivity (Wildman–Crippen MR) is 314 cm³/mol. The molecule has 68 heavy (non-hydrogen) atoms. The summed E-state index contributed by atoms with van der Waals surface area (Å²) in [7, 11) is -0.869. The Balaban J connectivity index is 0.000000240. The van der Waals surface area contributed by atoms with Crippen molar-refractivity contribution >= 4 is 68.8 Å². The van der Waals surface area contributed by atoms with Crippen LogP contribution in [0.4, 0.5) is 0 Å². The van der Waals surface area contributed by atoms with Gasteiger partial charge in [0.05, 0.1) is 0 Å². The molecule has 362 valence electrons. The Hall–Kier alpha value is -3.94. The maximum Gasteiger partial charge on any atom is 0.0184 e. The van der Waals surface area contributed by atoms with Gasteiger partial charge in [0.25, 0.3) is 0 Å². The van der Waals surface area contributed by atoms with Crippen LogP contribution in [0, 0.1) is 0 Å². The fourth-order valence-corrected chi connectivity index (χ4v) is 16.9. The highest BCUT2D eigenvalue weighted by Gasteiger charge is 2.19. The molecule has 0 bridgehead atoms. The van der Waals surface area contributed by atoms with Crippen LogP contribution < -0.4 is 65.8 Å². The lowest BCUT2D eigenvalue weighted by Crippen LogP contribution is -2.24. The van der Waals surface area contributed by atoms with Gasteiger partial charge in [-0.2, -0.15) is 0 Å². The molecule has 0 saturated carbocycles. The van der Waals surface area contributed by atoms with E-state index in [2.05, 4.69) is 241 Å². The molecule has 10 N–H and O–H groups in total. The van der Waals surface area contributed by atoms with E-state index in [1.807, 2.05) is 0 Å². The van der Waals surface area contributed by atoms with Crippen LogP contribution in [0.1, 0.15) is 53.0 Å². The van der Waals surface area contributed by atoms with Gasteiger partial charge in [-0.1, -0.05) is 241 Å². The molecule has 0 aliphatic carbocycles. The summed E-state index contributed by atoms with van der Waals surface area (Å²) in [5.74, 6) is 0. The number of hydrogen-bond acceptors (Lipinski definition) is 5. The minimum Gasteiger partial charge on any atom is -0.330 e. The summed E-state index contributed by atoms with van der Waals surface area (Å²) >= 11 is 0. The Morgan fingerprint density at radius 1 is 0.353 bits per heavy atom. The number of hydrogen-bond donors (Lipinski definition) is 5. The lowest BCUT2D eigenvalue weighted by Gasteiger charge is -2.24. The molecule has 0 radical (unpaired) electrons. The molecule has 0 atom stereocenters. The summed E-state index contributed by atoms with van der Waals surface area (Å²) in [4.78, 5) is 0. The molecule has 0 unspecified atom stereocenters. The van der Waals surface area contributed by atoms with Crippen LogP contribution >= 0.6 is 31.7 Å². The van der Waals surface area contributed by atoms with Crippen molar-refractivity contribution in [1.82, 2.24) is 0 Å². The summed E-state index contributed by atoms with van der Waals surface area (Å²) in [6.45, 7) is 15.1. The molecule has 7 rings (SSSR count). The summed E-state index contributed by atoms with van der Waals surface area (Å²) in [5, 5.41) is 9.79. The van der Waals surface area contributed by atoms with E-state index in [1.165, 1.54) is 55.0 Å². The quantitative estimate of drug-likeness (QED) is 0.0547. The second kappa shape index (κ2) is 36.1. The van der Waals surface area contributed by atoms with Gasteiger partial charge in [0.15, 0.2) is 0 Å². The Morgan fingerprint density at radius 3 is 0.941 bits per heavy atom. The van der Waals surface area contributed by atoms with Crippen molar-refractivity contribution in [3.63, 3.8) is 0 Å². The van der Waals surface area contributed by atoms with Gasteiger partial charge in [0.1, 0.15) is 0 Å². The first kappa shape index (κ1) is 58.4. The average Bonchev–Trinajstić information content (AvgIpc) is 3.40. The third-order valence-corrected chi connectivity index (χ3v) is 21.8. The first-order chi connectivity index (χ1) is 33.2. The first-order valence-corrected chi connectivity index (χ1v) is 30.3. The summed E-state index contributed by atoms with van der Waals surface area (Å²) in [6.07, 6.45) is 5.67.